The summed E-state index contributed by atoms with van der Waals surface area (Å²) in [5.41, 5.74) is 4.16. The fraction of sp³-hybridized carbons (Fsp3) is 0.516. The summed E-state index contributed by atoms with van der Waals surface area (Å²) in [6.07, 6.45) is 9.67. The molecule has 6 nitrogen and oxygen atoms in total. The van der Waals surface area contributed by atoms with Gasteiger partial charge in [0.2, 0.25) is 5.75 Å². The second kappa shape index (κ2) is 10.1. The molecule has 6 heteroatoms. The molecule has 5 atom stereocenters. The number of fused-ring (bicyclic) bond motifs is 5. The molecule has 0 spiro atoms. The normalized spacial score (nSPS) is 28.3. The van der Waals surface area contributed by atoms with Crippen LogP contribution in [-0.4, -0.2) is 45.4 Å². The molecule has 2 saturated carbocycles. The number of ketones is 1. The second-order valence-electron chi connectivity index (χ2n) is 11.0. The van der Waals surface area contributed by atoms with Gasteiger partial charge in [0.1, 0.15) is 5.75 Å². The Morgan fingerprint density at radius 1 is 0.919 bits per heavy atom. The molecule has 0 aliphatic heterocycles. The molecule has 0 radical (unpaired) electrons. The predicted octanol–water partition coefficient (Wildman–Crippen LogP) is 5.83. The van der Waals surface area contributed by atoms with E-state index in [0.717, 1.165) is 43.4 Å². The Kier molecular flexibility index (Phi) is 6.97. The number of benzene rings is 2. The van der Waals surface area contributed by atoms with E-state index in [-0.39, 0.29) is 17.3 Å². The van der Waals surface area contributed by atoms with Crippen molar-refractivity contribution in [3.8, 4) is 23.0 Å². The van der Waals surface area contributed by atoms with E-state index in [9.17, 15) is 9.90 Å². The van der Waals surface area contributed by atoms with Crippen molar-refractivity contribution >= 4 is 11.9 Å². The molecule has 37 heavy (non-hydrogen) atoms. The van der Waals surface area contributed by atoms with Crippen LogP contribution >= 0.6 is 0 Å². The van der Waals surface area contributed by atoms with Gasteiger partial charge in [-0.05, 0) is 109 Å². The second-order valence-corrected chi connectivity index (χ2v) is 11.0. The number of hydrogen-bond acceptors (Lipinski definition) is 6. The number of carbonyl (C=O) groups excluding carboxylic acids is 1. The van der Waals surface area contributed by atoms with Crippen LogP contribution in [0.4, 0.5) is 0 Å². The number of ether oxygens (including phenoxy) is 4. The number of aliphatic hydroxyl groups excluding tert-OH is 1. The lowest BCUT2D eigenvalue weighted by Gasteiger charge is -2.50. The van der Waals surface area contributed by atoms with Crippen molar-refractivity contribution in [1.82, 2.24) is 0 Å². The minimum Gasteiger partial charge on any atom is -0.496 e. The average Bonchev–Trinajstić information content (AvgIpc) is 3.23. The Morgan fingerprint density at radius 3 is 2.27 bits per heavy atom. The Balaban J connectivity index is 1.45. The number of aliphatic hydroxyl groups is 1. The molecule has 3 unspecified atom stereocenters. The van der Waals surface area contributed by atoms with Crippen LogP contribution in [0.5, 0.6) is 23.0 Å². The first kappa shape index (κ1) is 25.7. The summed E-state index contributed by atoms with van der Waals surface area (Å²) in [5, 5.41) is 10.7. The molecular formula is C31H38O6. The molecule has 2 aromatic rings. The zero-order valence-electron chi connectivity index (χ0n) is 22.5. The quantitative estimate of drug-likeness (QED) is 0.376. The van der Waals surface area contributed by atoms with Gasteiger partial charge < -0.3 is 24.1 Å². The fourth-order valence-corrected chi connectivity index (χ4v) is 7.38. The van der Waals surface area contributed by atoms with E-state index in [1.54, 1.807) is 25.3 Å². The standard InChI is InChI=1S/C31H38O6/c1-31-13-12-21-22(24(31)9-11-29(31)33)8-6-18-15-26(34-2)19(14-23(18)21)7-10-25(32)20-16-27(35-3)30(37-5)28(17-20)36-4/h7,10,14-17,21-22,24,29,33H,6,8-9,11-13H2,1-5H3/b10-7+/t21?,22?,24?,29-,31-/m0/s1. The lowest BCUT2D eigenvalue weighted by Crippen LogP contribution is -2.43. The summed E-state index contributed by atoms with van der Waals surface area (Å²) in [6.45, 7) is 2.30. The minimum atomic E-state index is -0.171. The van der Waals surface area contributed by atoms with Gasteiger partial charge in [0.05, 0.1) is 34.5 Å². The van der Waals surface area contributed by atoms with Crippen LogP contribution in [0.15, 0.2) is 30.3 Å². The summed E-state index contributed by atoms with van der Waals surface area (Å²) >= 11 is 0. The molecular weight excluding hydrogens is 468 g/mol. The SMILES string of the molecule is COc1cc2c(cc1/C=C/C(=O)c1cc(OC)c(OC)c(OC)c1)C1CC[C@@]3(C)C(CC[C@@H]3O)C1CC2. The molecule has 3 aliphatic carbocycles. The Bertz CT molecular complexity index is 1190. The maximum atomic E-state index is 13.2. The lowest BCUT2D eigenvalue weighted by atomic mass is 9.55. The maximum Gasteiger partial charge on any atom is 0.203 e. The first-order valence-electron chi connectivity index (χ1n) is 13.3. The number of allylic oxidation sites excluding steroid dienone is 1. The van der Waals surface area contributed by atoms with Crippen molar-refractivity contribution < 1.29 is 28.8 Å². The molecule has 2 aromatic carbocycles. The van der Waals surface area contributed by atoms with E-state index in [1.165, 1.54) is 38.9 Å². The van der Waals surface area contributed by atoms with Gasteiger partial charge >= 0.3 is 0 Å². The van der Waals surface area contributed by atoms with E-state index < -0.39 is 0 Å². The van der Waals surface area contributed by atoms with E-state index >= 15 is 0 Å². The van der Waals surface area contributed by atoms with E-state index in [1.807, 2.05) is 6.08 Å². The van der Waals surface area contributed by atoms with Gasteiger partial charge in [-0.2, -0.15) is 0 Å². The molecule has 0 heterocycles. The van der Waals surface area contributed by atoms with Crippen LogP contribution in [0.25, 0.3) is 6.08 Å². The Labute approximate surface area is 219 Å². The van der Waals surface area contributed by atoms with Gasteiger partial charge in [0.25, 0.3) is 0 Å². The van der Waals surface area contributed by atoms with Crippen molar-refractivity contribution in [2.75, 3.05) is 28.4 Å². The molecule has 198 valence electrons. The summed E-state index contributed by atoms with van der Waals surface area (Å²) in [7, 11) is 6.29. The third kappa shape index (κ3) is 4.29. The van der Waals surface area contributed by atoms with Crippen molar-refractivity contribution in [2.45, 2.75) is 57.5 Å². The Morgan fingerprint density at radius 2 is 1.62 bits per heavy atom. The molecule has 3 aliphatic rings. The summed E-state index contributed by atoms with van der Waals surface area (Å²) in [6, 6.07) is 7.72. The van der Waals surface area contributed by atoms with Gasteiger partial charge in [-0.15, -0.1) is 0 Å². The molecule has 0 bridgehead atoms. The molecule has 0 aromatic heterocycles. The van der Waals surface area contributed by atoms with E-state index in [0.29, 0.717) is 40.6 Å². The summed E-state index contributed by atoms with van der Waals surface area (Å²) < 4.78 is 21.9. The summed E-state index contributed by atoms with van der Waals surface area (Å²) in [4.78, 5) is 13.2. The fourth-order valence-electron chi connectivity index (χ4n) is 7.38. The van der Waals surface area contributed by atoms with Gasteiger partial charge in [-0.3, -0.25) is 4.79 Å². The highest BCUT2D eigenvalue weighted by molar-refractivity contribution is 6.07. The zero-order chi connectivity index (χ0) is 26.3. The van der Waals surface area contributed by atoms with Crippen molar-refractivity contribution in [1.29, 1.82) is 0 Å². The smallest absolute Gasteiger partial charge is 0.203 e. The largest absolute Gasteiger partial charge is 0.496 e. The first-order chi connectivity index (χ1) is 17.8. The van der Waals surface area contributed by atoms with E-state index in [2.05, 4.69) is 19.1 Å². The van der Waals surface area contributed by atoms with Crippen LogP contribution in [0.3, 0.4) is 0 Å². The predicted molar refractivity (Wildman–Crippen MR) is 143 cm³/mol. The number of aryl methyl sites for hydroxylation is 1. The molecule has 1 N–H and O–H groups in total. The van der Waals surface area contributed by atoms with Crippen LogP contribution in [0.1, 0.15) is 72.0 Å². The lowest BCUT2D eigenvalue weighted by molar-refractivity contribution is -0.0226. The molecule has 0 amide bonds. The van der Waals surface area contributed by atoms with Crippen LogP contribution in [0, 0.1) is 17.3 Å². The van der Waals surface area contributed by atoms with Gasteiger partial charge in [-0.1, -0.05) is 6.92 Å². The van der Waals surface area contributed by atoms with Crippen molar-refractivity contribution in [2.24, 2.45) is 17.3 Å². The third-order valence-electron chi connectivity index (χ3n) is 9.39. The number of carbonyl (C=O) groups is 1. The molecule has 5 rings (SSSR count). The number of hydrogen-bond donors (Lipinski definition) is 1. The number of methoxy groups -OCH3 is 4. The van der Waals surface area contributed by atoms with E-state index in [4.69, 9.17) is 18.9 Å². The summed E-state index contributed by atoms with van der Waals surface area (Å²) in [5.74, 6) is 3.64. The topological polar surface area (TPSA) is 74.2 Å². The zero-order valence-corrected chi connectivity index (χ0v) is 22.5. The van der Waals surface area contributed by atoms with Crippen molar-refractivity contribution in [3.05, 3.63) is 52.6 Å². The van der Waals surface area contributed by atoms with Crippen molar-refractivity contribution in [3.63, 3.8) is 0 Å². The monoisotopic (exact) mass is 506 g/mol. The highest BCUT2D eigenvalue weighted by Crippen LogP contribution is 2.61. The van der Waals surface area contributed by atoms with Gasteiger partial charge in [-0.25, -0.2) is 0 Å². The van der Waals surface area contributed by atoms with Crippen LogP contribution in [-0.2, 0) is 6.42 Å². The first-order valence-corrected chi connectivity index (χ1v) is 13.3. The molecule has 0 saturated heterocycles. The van der Waals surface area contributed by atoms with Crippen LogP contribution in [0.2, 0.25) is 0 Å². The minimum absolute atomic E-state index is 0.0563. The number of rotatable bonds is 7. The van der Waals surface area contributed by atoms with Gasteiger partial charge in [0.15, 0.2) is 17.3 Å². The third-order valence-corrected chi connectivity index (χ3v) is 9.39. The highest BCUT2D eigenvalue weighted by atomic mass is 16.5. The molecule has 2 fully saturated rings. The van der Waals surface area contributed by atoms with Gasteiger partial charge in [0, 0.05) is 11.1 Å². The highest BCUT2D eigenvalue weighted by Gasteiger charge is 2.54. The van der Waals surface area contributed by atoms with Crippen LogP contribution < -0.4 is 18.9 Å². The Hall–Kier alpha value is -2.99. The average molecular weight is 507 g/mol. The maximum absolute atomic E-state index is 13.2.